The molecule has 0 aromatic heterocycles. The van der Waals surface area contributed by atoms with Crippen molar-refractivity contribution in [2.75, 3.05) is 6.61 Å². The summed E-state index contributed by atoms with van der Waals surface area (Å²) in [4.78, 5) is 0. The number of hydrogen-bond acceptors (Lipinski definition) is 1. The zero-order valence-corrected chi connectivity index (χ0v) is 12.2. The van der Waals surface area contributed by atoms with E-state index in [0.29, 0.717) is 12.0 Å². The quantitative estimate of drug-likeness (QED) is 0.868. The molecular weight excluding hydrogens is 232 g/mol. The van der Waals surface area contributed by atoms with Gasteiger partial charge in [-0.1, -0.05) is 44.2 Å². The second-order valence-electron chi connectivity index (χ2n) is 7.22. The van der Waals surface area contributed by atoms with Gasteiger partial charge in [-0.25, -0.2) is 0 Å². The van der Waals surface area contributed by atoms with Crippen molar-refractivity contribution in [1.82, 2.24) is 0 Å². The van der Waals surface area contributed by atoms with E-state index in [9.17, 15) is 5.11 Å². The summed E-state index contributed by atoms with van der Waals surface area (Å²) in [7, 11) is 0. The lowest BCUT2D eigenvalue weighted by Gasteiger charge is -2.63. The fraction of sp³-hybridized carbons (Fsp3) is 0.667. The summed E-state index contributed by atoms with van der Waals surface area (Å²) in [5, 5.41) is 9.33. The Morgan fingerprint density at radius 1 is 1.16 bits per heavy atom. The minimum atomic E-state index is 0.357. The summed E-state index contributed by atoms with van der Waals surface area (Å²) >= 11 is 0. The molecule has 3 aliphatic rings. The molecule has 1 aromatic carbocycles. The van der Waals surface area contributed by atoms with Gasteiger partial charge < -0.3 is 5.11 Å². The van der Waals surface area contributed by atoms with Gasteiger partial charge in [0.15, 0.2) is 0 Å². The second-order valence-corrected chi connectivity index (χ2v) is 7.22. The molecule has 3 saturated carbocycles. The lowest BCUT2D eigenvalue weighted by molar-refractivity contribution is -0.137. The second kappa shape index (κ2) is 4.94. The molecule has 2 bridgehead atoms. The molecule has 3 fully saturated rings. The highest BCUT2D eigenvalue weighted by Gasteiger charge is 2.56. The Bertz CT molecular complexity index is 423. The first-order valence-electron chi connectivity index (χ1n) is 7.77. The van der Waals surface area contributed by atoms with E-state index in [2.05, 4.69) is 44.2 Å². The van der Waals surface area contributed by atoms with Crippen LogP contribution in [0.25, 0.3) is 0 Å². The maximum absolute atomic E-state index is 9.33. The molecule has 0 saturated heterocycles. The van der Waals surface area contributed by atoms with E-state index in [4.69, 9.17) is 0 Å². The lowest BCUT2D eigenvalue weighted by Crippen LogP contribution is -2.56. The number of benzene rings is 1. The van der Waals surface area contributed by atoms with E-state index < -0.39 is 0 Å². The molecule has 1 N–H and O–H groups in total. The van der Waals surface area contributed by atoms with Crippen LogP contribution in [0, 0.1) is 29.1 Å². The number of rotatable bonds is 4. The molecule has 0 radical (unpaired) electrons. The van der Waals surface area contributed by atoms with Crippen LogP contribution in [0.15, 0.2) is 30.3 Å². The standard InChI is InChI=1S/C18H26O/c1-18(2)15-11-14(8-9-19)16(17(18)12-15)10-13-6-4-3-5-7-13/h3-7,14-17,19H,8-12H2,1-2H3. The summed E-state index contributed by atoms with van der Waals surface area (Å²) in [6.45, 7) is 5.27. The Balaban J connectivity index is 1.78. The molecule has 1 aromatic rings. The van der Waals surface area contributed by atoms with Gasteiger partial charge in [0.05, 0.1) is 0 Å². The highest BCUT2D eigenvalue weighted by atomic mass is 16.3. The number of aliphatic hydroxyl groups is 1. The largest absolute Gasteiger partial charge is 0.396 e. The van der Waals surface area contributed by atoms with Crippen molar-refractivity contribution in [3.63, 3.8) is 0 Å². The van der Waals surface area contributed by atoms with Gasteiger partial charge in [-0.3, -0.25) is 0 Å². The van der Waals surface area contributed by atoms with Gasteiger partial charge in [-0.2, -0.15) is 0 Å². The van der Waals surface area contributed by atoms with E-state index in [0.717, 1.165) is 30.1 Å². The van der Waals surface area contributed by atoms with Crippen LogP contribution in [0.5, 0.6) is 0 Å². The Hall–Kier alpha value is -0.820. The van der Waals surface area contributed by atoms with Crippen LogP contribution < -0.4 is 0 Å². The minimum absolute atomic E-state index is 0.357. The third-order valence-corrected chi connectivity index (χ3v) is 6.07. The normalized spacial score (nSPS) is 35.7. The Kier molecular flexibility index (Phi) is 3.42. The molecule has 3 aliphatic carbocycles. The van der Waals surface area contributed by atoms with Crippen LogP contribution in [0.3, 0.4) is 0 Å². The summed E-state index contributed by atoms with van der Waals surface area (Å²) in [6, 6.07) is 10.9. The molecule has 1 heteroatoms. The zero-order chi connectivity index (χ0) is 13.5. The predicted molar refractivity (Wildman–Crippen MR) is 78.8 cm³/mol. The fourth-order valence-electron chi connectivity index (χ4n) is 4.74. The fourth-order valence-corrected chi connectivity index (χ4v) is 4.74. The Labute approximate surface area is 117 Å². The van der Waals surface area contributed by atoms with Crippen molar-refractivity contribution in [2.45, 2.75) is 39.5 Å². The first-order chi connectivity index (χ1) is 9.13. The van der Waals surface area contributed by atoms with Crippen molar-refractivity contribution >= 4 is 0 Å². The van der Waals surface area contributed by atoms with Crippen molar-refractivity contribution in [1.29, 1.82) is 0 Å². The predicted octanol–water partition coefficient (Wildman–Crippen LogP) is 3.91. The number of fused-ring (bicyclic) bond motifs is 2. The van der Waals surface area contributed by atoms with Gasteiger partial charge in [-0.05, 0) is 60.3 Å². The topological polar surface area (TPSA) is 20.2 Å². The molecule has 0 heterocycles. The van der Waals surface area contributed by atoms with Crippen LogP contribution >= 0.6 is 0 Å². The Morgan fingerprint density at radius 3 is 2.53 bits per heavy atom. The van der Waals surface area contributed by atoms with Crippen LogP contribution in [0.4, 0.5) is 0 Å². The average Bonchev–Trinajstić information content (AvgIpc) is 2.41. The molecule has 4 rings (SSSR count). The van der Waals surface area contributed by atoms with Crippen molar-refractivity contribution < 1.29 is 5.11 Å². The molecule has 1 nitrogen and oxygen atoms in total. The van der Waals surface area contributed by atoms with E-state index in [1.165, 1.54) is 24.8 Å². The van der Waals surface area contributed by atoms with Gasteiger partial charge >= 0.3 is 0 Å². The highest BCUT2D eigenvalue weighted by Crippen LogP contribution is 2.64. The lowest BCUT2D eigenvalue weighted by atomic mass is 9.42. The molecule has 104 valence electrons. The number of hydrogen-bond donors (Lipinski definition) is 1. The Morgan fingerprint density at radius 2 is 1.89 bits per heavy atom. The smallest absolute Gasteiger partial charge is 0.0433 e. The van der Waals surface area contributed by atoms with Crippen molar-refractivity contribution in [3.8, 4) is 0 Å². The molecule has 0 aliphatic heterocycles. The molecule has 4 atom stereocenters. The van der Waals surface area contributed by atoms with Gasteiger partial charge in [-0.15, -0.1) is 0 Å². The maximum atomic E-state index is 9.33. The third kappa shape index (κ3) is 2.23. The van der Waals surface area contributed by atoms with E-state index in [-0.39, 0.29) is 0 Å². The molecular formula is C18H26O. The third-order valence-electron chi connectivity index (χ3n) is 6.07. The van der Waals surface area contributed by atoms with Crippen LogP contribution in [-0.4, -0.2) is 11.7 Å². The first-order valence-corrected chi connectivity index (χ1v) is 7.77. The van der Waals surface area contributed by atoms with Crippen LogP contribution in [-0.2, 0) is 6.42 Å². The summed E-state index contributed by atoms with van der Waals surface area (Å²) in [5.74, 6) is 3.28. The first kappa shape index (κ1) is 13.2. The zero-order valence-electron chi connectivity index (χ0n) is 12.2. The average molecular weight is 258 g/mol. The van der Waals surface area contributed by atoms with Gasteiger partial charge in [0, 0.05) is 6.61 Å². The van der Waals surface area contributed by atoms with Gasteiger partial charge in [0.25, 0.3) is 0 Å². The molecule has 0 spiro atoms. The van der Waals surface area contributed by atoms with Gasteiger partial charge in [0.2, 0.25) is 0 Å². The van der Waals surface area contributed by atoms with Crippen LogP contribution in [0.2, 0.25) is 0 Å². The summed E-state index contributed by atoms with van der Waals surface area (Å²) in [5.41, 5.74) is 2.00. The number of aliphatic hydroxyl groups excluding tert-OH is 1. The van der Waals surface area contributed by atoms with E-state index >= 15 is 0 Å². The molecule has 0 amide bonds. The van der Waals surface area contributed by atoms with Crippen LogP contribution in [0.1, 0.15) is 38.7 Å². The van der Waals surface area contributed by atoms with E-state index in [1.807, 2.05) is 0 Å². The molecule has 19 heavy (non-hydrogen) atoms. The monoisotopic (exact) mass is 258 g/mol. The SMILES string of the molecule is CC1(C)C2CC(CCO)C(Cc3ccccc3)C1C2. The van der Waals surface area contributed by atoms with Gasteiger partial charge in [0.1, 0.15) is 0 Å². The minimum Gasteiger partial charge on any atom is -0.396 e. The van der Waals surface area contributed by atoms with Crippen molar-refractivity contribution in [2.24, 2.45) is 29.1 Å². The maximum Gasteiger partial charge on any atom is 0.0433 e. The van der Waals surface area contributed by atoms with Crippen molar-refractivity contribution in [3.05, 3.63) is 35.9 Å². The summed E-state index contributed by atoms with van der Waals surface area (Å²) < 4.78 is 0. The summed E-state index contributed by atoms with van der Waals surface area (Å²) in [6.07, 6.45) is 4.96. The highest BCUT2D eigenvalue weighted by molar-refractivity contribution is 5.17. The van der Waals surface area contributed by atoms with E-state index in [1.54, 1.807) is 0 Å². The molecule has 4 unspecified atom stereocenters.